The van der Waals surface area contributed by atoms with E-state index in [0.717, 1.165) is 24.6 Å². The Morgan fingerprint density at radius 2 is 2.00 bits per heavy atom. The lowest BCUT2D eigenvalue weighted by molar-refractivity contribution is 0.145. The molecule has 1 aromatic rings. The molecule has 2 N–H and O–H groups in total. The summed E-state index contributed by atoms with van der Waals surface area (Å²) in [6.45, 7) is 8.00. The minimum absolute atomic E-state index is 0.107. The number of aromatic nitrogens is 1. The topological polar surface area (TPSA) is 57.3 Å². The Hall–Kier alpha value is -1.62. The Kier molecular flexibility index (Phi) is 5.99. The zero-order valence-electron chi connectivity index (χ0n) is 13.0. The first-order valence-electron chi connectivity index (χ1n) is 7.80. The molecule has 1 aliphatic rings. The predicted molar refractivity (Wildman–Crippen MR) is 83.9 cm³/mol. The molecule has 2 heterocycles. The van der Waals surface area contributed by atoms with E-state index in [4.69, 9.17) is 0 Å². The number of pyridine rings is 1. The Balaban J connectivity index is 1.64. The van der Waals surface area contributed by atoms with Gasteiger partial charge in [0.2, 0.25) is 0 Å². The SMILES string of the molecule is CC1CCN(C(C)CNC(=O)NCc2ccncc2)CC1. The number of carbonyl (C=O) groups is 1. The largest absolute Gasteiger partial charge is 0.337 e. The summed E-state index contributed by atoms with van der Waals surface area (Å²) in [4.78, 5) is 18.2. The first-order chi connectivity index (χ1) is 10.1. The van der Waals surface area contributed by atoms with E-state index in [1.807, 2.05) is 12.1 Å². The van der Waals surface area contributed by atoms with Gasteiger partial charge in [-0.1, -0.05) is 6.92 Å². The fraction of sp³-hybridized carbons (Fsp3) is 0.625. The number of urea groups is 1. The first-order valence-corrected chi connectivity index (χ1v) is 7.80. The highest BCUT2D eigenvalue weighted by Gasteiger charge is 2.20. The van der Waals surface area contributed by atoms with Gasteiger partial charge in [-0.3, -0.25) is 9.88 Å². The van der Waals surface area contributed by atoms with E-state index < -0.39 is 0 Å². The molecule has 0 aliphatic carbocycles. The monoisotopic (exact) mass is 290 g/mol. The molecule has 2 amide bonds. The van der Waals surface area contributed by atoms with E-state index >= 15 is 0 Å². The fourth-order valence-corrected chi connectivity index (χ4v) is 2.58. The molecule has 1 aliphatic heterocycles. The third-order valence-electron chi connectivity index (χ3n) is 4.20. The number of likely N-dealkylation sites (tertiary alicyclic amines) is 1. The maximum atomic E-state index is 11.8. The van der Waals surface area contributed by atoms with Crippen LogP contribution in [0.1, 0.15) is 32.3 Å². The van der Waals surface area contributed by atoms with Crippen molar-refractivity contribution in [3.8, 4) is 0 Å². The summed E-state index contributed by atoms with van der Waals surface area (Å²) < 4.78 is 0. The molecule has 5 nitrogen and oxygen atoms in total. The van der Waals surface area contributed by atoms with E-state index in [2.05, 4.69) is 34.4 Å². The molecule has 0 bridgehead atoms. The fourth-order valence-electron chi connectivity index (χ4n) is 2.58. The van der Waals surface area contributed by atoms with Crippen molar-refractivity contribution in [3.05, 3.63) is 30.1 Å². The van der Waals surface area contributed by atoms with Crippen LogP contribution in [0.2, 0.25) is 0 Å². The highest BCUT2D eigenvalue weighted by Crippen LogP contribution is 2.17. The minimum Gasteiger partial charge on any atom is -0.337 e. The number of carbonyl (C=O) groups excluding carboxylic acids is 1. The highest BCUT2D eigenvalue weighted by atomic mass is 16.2. The lowest BCUT2D eigenvalue weighted by Crippen LogP contribution is -2.47. The van der Waals surface area contributed by atoms with Gasteiger partial charge in [0, 0.05) is 31.5 Å². The molecule has 0 spiro atoms. The van der Waals surface area contributed by atoms with Crippen LogP contribution in [-0.4, -0.2) is 41.6 Å². The average molecular weight is 290 g/mol. The van der Waals surface area contributed by atoms with Crippen LogP contribution in [0.5, 0.6) is 0 Å². The molecular formula is C16H26N4O. The van der Waals surface area contributed by atoms with Gasteiger partial charge in [-0.15, -0.1) is 0 Å². The Bertz CT molecular complexity index is 429. The van der Waals surface area contributed by atoms with E-state index in [1.165, 1.54) is 12.8 Å². The summed E-state index contributed by atoms with van der Waals surface area (Å²) in [5.41, 5.74) is 1.05. The van der Waals surface area contributed by atoms with Gasteiger partial charge in [0.25, 0.3) is 0 Å². The lowest BCUT2D eigenvalue weighted by Gasteiger charge is -2.34. The van der Waals surface area contributed by atoms with Crippen molar-refractivity contribution in [2.45, 2.75) is 39.3 Å². The second-order valence-corrected chi connectivity index (χ2v) is 5.99. The van der Waals surface area contributed by atoms with Crippen LogP contribution < -0.4 is 10.6 Å². The number of nitrogens with one attached hydrogen (secondary N) is 2. The molecule has 5 heteroatoms. The molecule has 0 saturated carbocycles. The van der Waals surface area contributed by atoms with Crippen LogP contribution in [-0.2, 0) is 6.54 Å². The van der Waals surface area contributed by atoms with Crippen LogP contribution >= 0.6 is 0 Å². The second-order valence-electron chi connectivity index (χ2n) is 5.99. The van der Waals surface area contributed by atoms with Gasteiger partial charge in [0.05, 0.1) is 0 Å². The van der Waals surface area contributed by atoms with Gasteiger partial charge in [-0.25, -0.2) is 4.79 Å². The molecule has 1 fully saturated rings. The Morgan fingerprint density at radius 3 is 2.67 bits per heavy atom. The third-order valence-corrected chi connectivity index (χ3v) is 4.20. The van der Waals surface area contributed by atoms with Crippen molar-refractivity contribution in [3.63, 3.8) is 0 Å². The van der Waals surface area contributed by atoms with Crippen LogP contribution in [0.3, 0.4) is 0 Å². The number of hydrogen-bond donors (Lipinski definition) is 2. The van der Waals surface area contributed by atoms with Crippen LogP contribution in [0.15, 0.2) is 24.5 Å². The summed E-state index contributed by atoms with van der Waals surface area (Å²) in [5, 5.41) is 5.82. The predicted octanol–water partition coefficient (Wildman–Crippen LogP) is 2.00. The van der Waals surface area contributed by atoms with E-state index in [1.54, 1.807) is 12.4 Å². The summed E-state index contributed by atoms with van der Waals surface area (Å²) in [6.07, 6.45) is 5.99. The smallest absolute Gasteiger partial charge is 0.315 e. The average Bonchev–Trinajstić information content (AvgIpc) is 2.52. The van der Waals surface area contributed by atoms with Gasteiger partial charge < -0.3 is 10.6 Å². The third kappa shape index (κ3) is 5.34. The van der Waals surface area contributed by atoms with Crippen LogP contribution in [0.4, 0.5) is 4.79 Å². The van der Waals surface area contributed by atoms with Crippen molar-refractivity contribution in [1.29, 1.82) is 0 Å². The van der Waals surface area contributed by atoms with Gasteiger partial charge >= 0.3 is 6.03 Å². The maximum absolute atomic E-state index is 11.8. The van der Waals surface area contributed by atoms with Gasteiger partial charge in [0.1, 0.15) is 0 Å². The summed E-state index contributed by atoms with van der Waals surface area (Å²) in [7, 11) is 0. The molecule has 1 atom stereocenters. The van der Waals surface area contributed by atoms with Crippen molar-refractivity contribution < 1.29 is 4.79 Å². The molecule has 0 aromatic carbocycles. The lowest BCUT2D eigenvalue weighted by atomic mass is 9.98. The van der Waals surface area contributed by atoms with Crippen LogP contribution in [0, 0.1) is 5.92 Å². The zero-order chi connectivity index (χ0) is 15.1. The molecule has 116 valence electrons. The highest BCUT2D eigenvalue weighted by molar-refractivity contribution is 5.73. The minimum atomic E-state index is -0.107. The molecule has 1 unspecified atom stereocenters. The molecule has 1 aromatic heterocycles. The number of piperidine rings is 1. The zero-order valence-corrected chi connectivity index (χ0v) is 13.0. The molecule has 0 radical (unpaired) electrons. The Morgan fingerprint density at radius 1 is 1.33 bits per heavy atom. The summed E-state index contributed by atoms with van der Waals surface area (Å²) in [6, 6.07) is 4.09. The number of rotatable bonds is 5. The van der Waals surface area contributed by atoms with Crippen molar-refractivity contribution in [2.75, 3.05) is 19.6 Å². The molecule has 21 heavy (non-hydrogen) atoms. The second kappa shape index (κ2) is 7.98. The number of amides is 2. The Labute approximate surface area is 127 Å². The number of nitrogens with zero attached hydrogens (tertiary/aromatic N) is 2. The molecule has 1 saturated heterocycles. The van der Waals surface area contributed by atoms with Crippen molar-refractivity contribution in [1.82, 2.24) is 20.5 Å². The van der Waals surface area contributed by atoms with Gasteiger partial charge in [-0.05, 0) is 56.5 Å². The first kappa shape index (κ1) is 15.8. The standard InChI is InChI=1S/C16H26N4O/c1-13-5-9-20(10-6-13)14(2)11-18-16(21)19-12-15-3-7-17-8-4-15/h3-4,7-8,13-14H,5-6,9-12H2,1-2H3,(H2,18,19,21). The van der Waals surface area contributed by atoms with Gasteiger partial charge in [0.15, 0.2) is 0 Å². The number of hydrogen-bond acceptors (Lipinski definition) is 3. The maximum Gasteiger partial charge on any atom is 0.315 e. The van der Waals surface area contributed by atoms with Gasteiger partial charge in [-0.2, -0.15) is 0 Å². The molecular weight excluding hydrogens is 264 g/mol. The van der Waals surface area contributed by atoms with Crippen molar-refractivity contribution in [2.24, 2.45) is 5.92 Å². The van der Waals surface area contributed by atoms with E-state index in [0.29, 0.717) is 19.1 Å². The summed E-state index contributed by atoms with van der Waals surface area (Å²) >= 11 is 0. The normalized spacial score (nSPS) is 18.2. The quantitative estimate of drug-likeness (QED) is 0.872. The van der Waals surface area contributed by atoms with E-state index in [9.17, 15) is 4.79 Å². The van der Waals surface area contributed by atoms with Crippen molar-refractivity contribution >= 4 is 6.03 Å². The van der Waals surface area contributed by atoms with E-state index in [-0.39, 0.29) is 6.03 Å². The van der Waals surface area contributed by atoms with Crippen LogP contribution in [0.25, 0.3) is 0 Å². The molecule has 2 rings (SSSR count). The summed E-state index contributed by atoms with van der Waals surface area (Å²) in [5.74, 6) is 0.838.